The number of nitrogens with one attached hydrogen (secondary N) is 1. The molecule has 2 aromatic rings. The van der Waals surface area contributed by atoms with Gasteiger partial charge in [0.15, 0.2) is 0 Å². The number of para-hydroxylation sites is 1. The van der Waals surface area contributed by atoms with Crippen molar-refractivity contribution in [2.75, 3.05) is 42.9 Å². The van der Waals surface area contributed by atoms with Gasteiger partial charge >= 0.3 is 0 Å². The summed E-state index contributed by atoms with van der Waals surface area (Å²) < 4.78 is 0. The summed E-state index contributed by atoms with van der Waals surface area (Å²) in [5, 5.41) is 3.53. The fourth-order valence-corrected chi connectivity index (χ4v) is 3.91. The molecule has 1 unspecified atom stereocenters. The van der Waals surface area contributed by atoms with E-state index in [1.54, 1.807) is 0 Å². The van der Waals surface area contributed by atoms with Gasteiger partial charge in [-0.15, -0.1) is 0 Å². The molecule has 0 bridgehead atoms. The second-order valence-electron chi connectivity index (χ2n) is 7.16. The summed E-state index contributed by atoms with van der Waals surface area (Å²) in [4.78, 5) is 5.10. The van der Waals surface area contributed by atoms with Crippen LogP contribution in [0.5, 0.6) is 0 Å². The highest BCUT2D eigenvalue weighted by molar-refractivity contribution is 5.57. The van der Waals surface area contributed by atoms with E-state index in [0.717, 1.165) is 19.5 Å². The monoisotopic (exact) mass is 321 g/mol. The van der Waals surface area contributed by atoms with E-state index in [2.05, 4.69) is 70.6 Å². The molecular weight excluding hydrogens is 294 g/mol. The zero-order valence-corrected chi connectivity index (χ0v) is 14.5. The first-order valence-corrected chi connectivity index (χ1v) is 9.18. The number of piperazine rings is 1. The summed E-state index contributed by atoms with van der Waals surface area (Å²) >= 11 is 0. The van der Waals surface area contributed by atoms with Gasteiger partial charge in [-0.05, 0) is 49.1 Å². The average molecular weight is 321 g/mol. The molecule has 2 aromatic carbocycles. The number of benzene rings is 2. The quantitative estimate of drug-likeness (QED) is 0.931. The predicted molar refractivity (Wildman–Crippen MR) is 102 cm³/mol. The van der Waals surface area contributed by atoms with Gasteiger partial charge in [0.05, 0.1) is 0 Å². The van der Waals surface area contributed by atoms with Crippen LogP contribution in [-0.2, 0) is 12.8 Å². The Morgan fingerprint density at radius 2 is 1.79 bits per heavy atom. The summed E-state index contributed by atoms with van der Waals surface area (Å²) in [6.07, 6.45) is 2.33. The predicted octanol–water partition coefficient (Wildman–Crippen LogP) is 3.41. The van der Waals surface area contributed by atoms with Gasteiger partial charge in [0.25, 0.3) is 0 Å². The molecule has 1 saturated heterocycles. The van der Waals surface area contributed by atoms with Gasteiger partial charge in [0.2, 0.25) is 0 Å². The molecule has 24 heavy (non-hydrogen) atoms. The Kier molecular flexibility index (Phi) is 4.44. The fourth-order valence-electron chi connectivity index (χ4n) is 3.91. The van der Waals surface area contributed by atoms with Crippen LogP contribution >= 0.6 is 0 Å². The molecule has 0 radical (unpaired) electrons. The van der Waals surface area contributed by atoms with Crippen molar-refractivity contribution in [3.05, 3.63) is 59.7 Å². The fraction of sp³-hybridized carbons (Fsp3) is 0.429. The lowest BCUT2D eigenvalue weighted by Crippen LogP contribution is -2.46. The van der Waals surface area contributed by atoms with Crippen LogP contribution in [0.25, 0.3) is 0 Å². The van der Waals surface area contributed by atoms with E-state index in [9.17, 15) is 0 Å². The molecule has 0 amide bonds. The van der Waals surface area contributed by atoms with Crippen LogP contribution in [-0.4, -0.2) is 43.7 Å². The minimum Gasteiger partial charge on any atom is -0.382 e. The van der Waals surface area contributed by atoms with Crippen LogP contribution < -0.4 is 10.2 Å². The maximum atomic E-state index is 3.53. The third kappa shape index (κ3) is 3.41. The normalized spacial score (nSPS) is 20.7. The molecule has 2 heterocycles. The van der Waals surface area contributed by atoms with Gasteiger partial charge in [-0.2, -0.15) is 0 Å². The minimum atomic E-state index is 0.585. The molecule has 0 saturated carbocycles. The van der Waals surface area contributed by atoms with E-state index in [4.69, 9.17) is 0 Å². The van der Waals surface area contributed by atoms with Crippen molar-refractivity contribution in [3.8, 4) is 0 Å². The van der Waals surface area contributed by atoms with Crippen LogP contribution in [0.4, 0.5) is 11.4 Å². The molecule has 0 aliphatic carbocycles. The van der Waals surface area contributed by atoms with Crippen LogP contribution in [0.1, 0.15) is 18.1 Å². The molecule has 3 nitrogen and oxygen atoms in total. The molecule has 1 N–H and O–H groups in total. The van der Waals surface area contributed by atoms with Gasteiger partial charge in [-0.3, -0.25) is 4.90 Å². The second kappa shape index (κ2) is 6.86. The highest BCUT2D eigenvalue weighted by Crippen LogP contribution is 2.26. The second-order valence-corrected chi connectivity index (χ2v) is 7.16. The average Bonchev–Trinajstić information content (AvgIpc) is 3.00. The third-order valence-electron chi connectivity index (χ3n) is 5.31. The maximum absolute atomic E-state index is 3.53. The minimum absolute atomic E-state index is 0.585. The Morgan fingerprint density at radius 3 is 2.58 bits per heavy atom. The van der Waals surface area contributed by atoms with E-state index in [1.807, 2.05) is 0 Å². The molecule has 2 aliphatic rings. The molecule has 2 aliphatic heterocycles. The number of rotatable bonds is 4. The molecular formula is C21H27N3. The smallest absolute Gasteiger partial charge is 0.0375 e. The Morgan fingerprint density at radius 1 is 1.00 bits per heavy atom. The lowest BCUT2D eigenvalue weighted by molar-refractivity contribution is 0.261. The number of anilines is 2. The molecule has 0 aromatic heterocycles. The van der Waals surface area contributed by atoms with Crippen molar-refractivity contribution in [2.45, 2.75) is 25.8 Å². The van der Waals surface area contributed by atoms with Crippen LogP contribution in [0.2, 0.25) is 0 Å². The largest absolute Gasteiger partial charge is 0.382 e. The number of nitrogens with zero attached hydrogens (tertiary/aromatic N) is 2. The Balaban J connectivity index is 1.28. The van der Waals surface area contributed by atoms with Gasteiger partial charge in [-0.1, -0.05) is 30.3 Å². The van der Waals surface area contributed by atoms with Crippen LogP contribution in [0.15, 0.2) is 48.5 Å². The summed E-state index contributed by atoms with van der Waals surface area (Å²) in [7, 11) is 0. The summed E-state index contributed by atoms with van der Waals surface area (Å²) in [6, 6.07) is 18.3. The molecule has 4 rings (SSSR count). The van der Waals surface area contributed by atoms with E-state index in [0.29, 0.717) is 6.04 Å². The van der Waals surface area contributed by atoms with Gasteiger partial charge in [-0.25, -0.2) is 0 Å². The molecule has 1 atom stereocenters. The Bertz CT molecular complexity index is 675. The van der Waals surface area contributed by atoms with E-state index in [1.165, 1.54) is 48.6 Å². The van der Waals surface area contributed by atoms with E-state index < -0.39 is 0 Å². The molecule has 3 heteroatoms. The van der Waals surface area contributed by atoms with Crippen molar-refractivity contribution < 1.29 is 0 Å². The SMILES string of the molecule is CC1Cc2cc(CCN3CCN(c4ccccc4)CC3)ccc2N1. The third-order valence-corrected chi connectivity index (χ3v) is 5.31. The van der Waals surface area contributed by atoms with Crippen molar-refractivity contribution >= 4 is 11.4 Å². The Hall–Kier alpha value is -2.00. The zero-order valence-electron chi connectivity index (χ0n) is 14.5. The lowest BCUT2D eigenvalue weighted by atomic mass is 10.0. The van der Waals surface area contributed by atoms with E-state index in [-0.39, 0.29) is 0 Å². The summed E-state index contributed by atoms with van der Waals surface area (Å²) in [6.45, 7) is 8.03. The first-order chi connectivity index (χ1) is 11.8. The van der Waals surface area contributed by atoms with Gasteiger partial charge in [0, 0.05) is 50.1 Å². The lowest BCUT2D eigenvalue weighted by Gasteiger charge is -2.36. The highest BCUT2D eigenvalue weighted by atomic mass is 15.3. The molecule has 126 valence electrons. The number of hydrogen-bond donors (Lipinski definition) is 1. The molecule has 1 fully saturated rings. The summed E-state index contributed by atoms with van der Waals surface area (Å²) in [5.74, 6) is 0. The summed E-state index contributed by atoms with van der Waals surface area (Å²) in [5.41, 5.74) is 5.67. The van der Waals surface area contributed by atoms with Crippen LogP contribution in [0, 0.1) is 0 Å². The number of fused-ring (bicyclic) bond motifs is 1. The van der Waals surface area contributed by atoms with Crippen molar-refractivity contribution in [1.82, 2.24) is 4.90 Å². The highest BCUT2D eigenvalue weighted by Gasteiger charge is 2.18. The van der Waals surface area contributed by atoms with Crippen molar-refractivity contribution in [3.63, 3.8) is 0 Å². The first kappa shape index (κ1) is 15.5. The standard InChI is InChI=1S/C21H27N3/c1-17-15-19-16-18(7-8-21(19)22-17)9-10-23-11-13-24(14-12-23)20-5-3-2-4-6-20/h2-8,16-17,22H,9-15H2,1H3. The van der Waals surface area contributed by atoms with Crippen LogP contribution in [0.3, 0.4) is 0 Å². The first-order valence-electron chi connectivity index (χ1n) is 9.18. The van der Waals surface area contributed by atoms with Crippen molar-refractivity contribution in [1.29, 1.82) is 0 Å². The zero-order chi connectivity index (χ0) is 16.4. The topological polar surface area (TPSA) is 18.5 Å². The van der Waals surface area contributed by atoms with E-state index >= 15 is 0 Å². The maximum Gasteiger partial charge on any atom is 0.0375 e. The molecule has 0 spiro atoms. The van der Waals surface area contributed by atoms with Crippen molar-refractivity contribution in [2.24, 2.45) is 0 Å². The number of hydrogen-bond acceptors (Lipinski definition) is 3. The Labute approximate surface area is 145 Å². The van der Waals surface area contributed by atoms with Gasteiger partial charge in [0.1, 0.15) is 0 Å². The van der Waals surface area contributed by atoms with Gasteiger partial charge < -0.3 is 10.2 Å².